The van der Waals surface area contributed by atoms with Gasteiger partial charge in [0.15, 0.2) is 5.65 Å². The summed E-state index contributed by atoms with van der Waals surface area (Å²) in [6.07, 6.45) is 5.45. The van der Waals surface area contributed by atoms with Gasteiger partial charge in [-0.15, -0.1) is 0 Å². The quantitative estimate of drug-likeness (QED) is 0.944. The van der Waals surface area contributed by atoms with E-state index in [1.807, 2.05) is 11.3 Å². The summed E-state index contributed by atoms with van der Waals surface area (Å²) in [4.78, 5) is 8.68. The number of aliphatic hydroxyl groups is 1. The zero-order valence-electron chi connectivity index (χ0n) is 10.0. The third kappa shape index (κ3) is 2.21. The number of rotatable bonds is 4. The van der Waals surface area contributed by atoms with E-state index >= 15 is 0 Å². The summed E-state index contributed by atoms with van der Waals surface area (Å²) in [5.41, 5.74) is 2.64. The average Bonchev–Trinajstić information content (AvgIpc) is 2.69. The maximum absolute atomic E-state index is 10.2. The zero-order valence-corrected chi connectivity index (χ0v) is 11.6. The summed E-state index contributed by atoms with van der Waals surface area (Å²) in [6.45, 7) is 4.11. The number of imidazole rings is 1. The highest BCUT2D eigenvalue weighted by Crippen LogP contribution is 2.26. The summed E-state index contributed by atoms with van der Waals surface area (Å²) in [7, 11) is 0. The summed E-state index contributed by atoms with van der Waals surface area (Å²) < 4.78 is 2.73. The highest BCUT2D eigenvalue weighted by atomic mass is 79.9. The second kappa shape index (κ2) is 5.14. The fourth-order valence-corrected chi connectivity index (χ4v) is 2.42. The lowest BCUT2D eigenvalue weighted by Gasteiger charge is -2.10. The lowest BCUT2D eigenvalue weighted by Crippen LogP contribution is -2.04. The van der Waals surface area contributed by atoms with Crippen LogP contribution in [0.25, 0.3) is 5.65 Å². The number of fused-ring (bicyclic) bond motifs is 1. The molecule has 0 saturated carbocycles. The molecule has 0 amide bonds. The Morgan fingerprint density at radius 1 is 1.47 bits per heavy atom. The van der Waals surface area contributed by atoms with Gasteiger partial charge in [0, 0.05) is 6.20 Å². The van der Waals surface area contributed by atoms with E-state index in [4.69, 9.17) is 0 Å². The fourth-order valence-electron chi connectivity index (χ4n) is 2.02. The number of hydrogen-bond acceptors (Lipinski definition) is 3. The van der Waals surface area contributed by atoms with Crippen molar-refractivity contribution in [2.75, 3.05) is 0 Å². The van der Waals surface area contributed by atoms with Crippen LogP contribution in [0, 0.1) is 0 Å². The van der Waals surface area contributed by atoms with Gasteiger partial charge in [0.05, 0.1) is 22.0 Å². The minimum atomic E-state index is -0.471. The Balaban J connectivity index is 2.62. The third-order valence-electron chi connectivity index (χ3n) is 2.82. The summed E-state index contributed by atoms with van der Waals surface area (Å²) in [6, 6.07) is 0. The van der Waals surface area contributed by atoms with E-state index in [0.717, 1.165) is 40.8 Å². The standard InChI is InChI=1S/C12H16BrN3O/c1-3-5-10(17)11-9(4-2)15-12-8(13)6-14-7-16(11)12/h6-7,10,17H,3-5H2,1-2H3. The lowest BCUT2D eigenvalue weighted by molar-refractivity contribution is 0.159. The topological polar surface area (TPSA) is 50.4 Å². The molecule has 2 heterocycles. The van der Waals surface area contributed by atoms with Crippen molar-refractivity contribution in [3.05, 3.63) is 28.4 Å². The van der Waals surface area contributed by atoms with Crippen LogP contribution in [0.1, 0.15) is 44.2 Å². The minimum Gasteiger partial charge on any atom is -0.387 e. The van der Waals surface area contributed by atoms with Crippen molar-refractivity contribution in [2.45, 2.75) is 39.2 Å². The van der Waals surface area contributed by atoms with Gasteiger partial charge in [0.1, 0.15) is 6.33 Å². The van der Waals surface area contributed by atoms with Crippen molar-refractivity contribution in [2.24, 2.45) is 0 Å². The lowest BCUT2D eigenvalue weighted by atomic mass is 10.1. The van der Waals surface area contributed by atoms with Crippen LogP contribution in [0.3, 0.4) is 0 Å². The third-order valence-corrected chi connectivity index (χ3v) is 3.38. The first-order chi connectivity index (χ1) is 8.19. The van der Waals surface area contributed by atoms with Crippen LogP contribution in [0.5, 0.6) is 0 Å². The largest absolute Gasteiger partial charge is 0.387 e. The molecule has 0 aromatic carbocycles. The van der Waals surface area contributed by atoms with Crippen LogP contribution >= 0.6 is 15.9 Å². The highest BCUT2D eigenvalue weighted by Gasteiger charge is 2.19. The number of halogens is 1. The van der Waals surface area contributed by atoms with E-state index in [2.05, 4.69) is 32.8 Å². The molecule has 4 nitrogen and oxygen atoms in total. The number of aryl methyl sites for hydroxylation is 1. The van der Waals surface area contributed by atoms with E-state index < -0.39 is 6.10 Å². The molecule has 0 radical (unpaired) electrons. The molecule has 5 heteroatoms. The zero-order chi connectivity index (χ0) is 12.4. The molecule has 1 atom stereocenters. The molecule has 0 fully saturated rings. The number of nitrogens with zero attached hydrogens (tertiary/aromatic N) is 3. The second-order valence-electron chi connectivity index (χ2n) is 4.04. The minimum absolute atomic E-state index is 0.471. The smallest absolute Gasteiger partial charge is 0.154 e. The molecule has 0 aliphatic heterocycles. The molecule has 0 aliphatic rings. The molecule has 0 bridgehead atoms. The van der Waals surface area contributed by atoms with Crippen molar-refractivity contribution in [3.63, 3.8) is 0 Å². The van der Waals surface area contributed by atoms with Crippen molar-refractivity contribution >= 4 is 21.6 Å². The number of hydrogen-bond donors (Lipinski definition) is 1. The van der Waals surface area contributed by atoms with Crippen LogP contribution in [0.2, 0.25) is 0 Å². The van der Waals surface area contributed by atoms with Crippen molar-refractivity contribution in [1.82, 2.24) is 14.4 Å². The van der Waals surface area contributed by atoms with E-state index in [0.29, 0.717) is 0 Å². The maximum Gasteiger partial charge on any atom is 0.154 e. The first-order valence-corrected chi connectivity index (χ1v) is 6.66. The molecule has 0 spiro atoms. The molecule has 92 valence electrons. The van der Waals surface area contributed by atoms with E-state index in [-0.39, 0.29) is 0 Å². The molecule has 17 heavy (non-hydrogen) atoms. The van der Waals surface area contributed by atoms with Crippen molar-refractivity contribution < 1.29 is 5.11 Å². The van der Waals surface area contributed by atoms with Gasteiger partial charge in [-0.05, 0) is 28.8 Å². The van der Waals surface area contributed by atoms with Gasteiger partial charge < -0.3 is 5.11 Å². The summed E-state index contributed by atoms with van der Waals surface area (Å²) >= 11 is 3.43. The molecule has 0 saturated heterocycles. The highest BCUT2D eigenvalue weighted by molar-refractivity contribution is 9.10. The maximum atomic E-state index is 10.2. The van der Waals surface area contributed by atoms with Crippen LogP contribution in [0.4, 0.5) is 0 Å². The Bertz CT molecular complexity index is 524. The molecular formula is C12H16BrN3O. The van der Waals surface area contributed by atoms with Crippen LogP contribution in [0.15, 0.2) is 17.0 Å². The Morgan fingerprint density at radius 3 is 2.88 bits per heavy atom. The number of aromatic nitrogens is 3. The van der Waals surface area contributed by atoms with Crippen molar-refractivity contribution in [1.29, 1.82) is 0 Å². The van der Waals surface area contributed by atoms with E-state index in [9.17, 15) is 5.11 Å². The molecule has 1 N–H and O–H groups in total. The first-order valence-electron chi connectivity index (χ1n) is 5.87. The Hall–Kier alpha value is -0.940. The Labute approximate surface area is 109 Å². The first kappa shape index (κ1) is 12.5. The number of aliphatic hydroxyl groups excluding tert-OH is 1. The Kier molecular flexibility index (Phi) is 3.79. The molecule has 2 aromatic rings. The molecule has 1 unspecified atom stereocenters. The molecule has 0 aliphatic carbocycles. The summed E-state index contributed by atoms with van der Waals surface area (Å²) in [5, 5.41) is 10.2. The van der Waals surface area contributed by atoms with Crippen molar-refractivity contribution in [3.8, 4) is 0 Å². The normalized spacial score (nSPS) is 13.2. The van der Waals surface area contributed by atoms with E-state index in [1.165, 1.54) is 0 Å². The van der Waals surface area contributed by atoms with Gasteiger partial charge in [0.2, 0.25) is 0 Å². The monoisotopic (exact) mass is 297 g/mol. The molecule has 2 aromatic heterocycles. The predicted molar refractivity (Wildman–Crippen MR) is 69.9 cm³/mol. The molecular weight excluding hydrogens is 282 g/mol. The SMILES string of the molecule is CCCC(O)c1c(CC)nc2c(Br)cncn12. The average molecular weight is 298 g/mol. The van der Waals surface area contributed by atoms with Gasteiger partial charge in [-0.2, -0.15) is 0 Å². The van der Waals surface area contributed by atoms with Gasteiger partial charge in [-0.1, -0.05) is 20.3 Å². The predicted octanol–water partition coefficient (Wildman–Crippen LogP) is 2.89. The van der Waals surface area contributed by atoms with Crippen LogP contribution < -0.4 is 0 Å². The van der Waals surface area contributed by atoms with Gasteiger partial charge in [-0.3, -0.25) is 4.40 Å². The van der Waals surface area contributed by atoms with Gasteiger partial charge in [0.25, 0.3) is 0 Å². The van der Waals surface area contributed by atoms with Gasteiger partial charge in [-0.25, -0.2) is 9.97 Å². The van der Waals surface area contributed by atoms with Gasteiger partial charge >= 0.3 is 0 Å². The van der Waals surface area contributed by atoms with Crippen LogP contribution in [-0.2, 0) is 6.42 Å². The summed E-state index contributed by atoms with van der Waals surface area (Å²) in [5.74, 6) is 0. The fraction of sp³-hybridized carbons (Fsp3) is 0.500. The Morgan fingerprint density at radius 2 is 2.24 bits per heavy atom. The van der Waals surface area contributed by atoms with Crippen LogP contribution in [-0.4, -0.2) is 19.5 Å². The molecule has 2 rings (SSSR count). The van der Waals surface area contributed by atoms with E-state index in [1.54, 1.807) is 12.5 Å². The second-order valence-corrected chi connectivity index (χ2v) is 4.89.